The van der Waals surface area contributed by atoms with Crippen LogP contribution in [0.5, 0.6) is 0 Å². The zero-order valence-electron chi connectivity index (χ0n) is 10.6. The minimum absolute atomic E-state index is 0.346. The van der Waals surface area contributed by atoms with Crippen molar-refractivity contribution in [3.8, 4) is 11.3 Å². The minimum atomic E-state index is -0.927. The second-order valence-corrected chi connectivity index (χ2v) is 4.93. The van der Waals surface area contributed by atoms with E-state index in [2.05, 4.69) is 4.98 Å². The molecule has 4 heteroatoms. The van der Waals surface area contributed by atoms with Crippen LogP contribution >= 0.6 is 11.6 Å². The normalized spacial score (nSPS) is 11.0. The van der Waals surface area contributed by atoms with E-state index in [-0.39, 0.29) is 0 Å². The number of aromatic nitrogens is 1. The summed E-state index contributed by atoms with van der Waals surface area (Å²) in [6.07, 6.45) is 0. The number of fused-ring (bicyclic) bond motifs is 1. The van der Waals surface area contributed by atoms with Gasteiger partial charge in [0.1, 0.15) is 0 Å². The van der Waals surface area contributed by atoms with Crippen LogP contribution < -0.4 is 0 Å². The molecule has 0 aliphatic heterocycles. The second-order valence-electron chi connectivity index (χ2n) is 4.55. The SMILES string of the molecule is Cc1c(-c2ccccc2)nc2cc(F)c(F)cc2c1Cl. The van der Waals surface area contributed by atoms with Crippen molar-refractivity contribution < 1.29 is 8.78 Å². The van der Waals surface area contributed by atoms with Crippen molar-refractivity contribution in [3.05, 3.63) is 64.7 Å². The van der Waals surface area contributed by atoms with Gasteiger partial charge in [0.15, 0.2) is 11.6 Å². The summed E-state index contributed by atoms with van der Waals surface area (Å²) in [5.74, 6) is -1.85. The van der Waals surface area contributed by atoms with Crippen LogP contribution in [-0.4, -0.2) is 4.98 Å². The molecule has 0 atom stereocenters. The summed E-state index contributed by atoms with van der Waals surface area (Å²) in [5.41, 5.74) is 2.65. The molecule has 1 aromatic heterocycles. The van der Waals surface area contributed by atoms with Gasteiger partial charge >= 0.3 is 0 Å². The molecule has 3 rings (SSSR count). The van der Waals surface area contributed by atoms with Crippen molar-refractivity contribution in [1.82, 2.24) is 4.98 Å². The Morgan fingerprint density at radius 3 is 2.35 bits per heavy atom. The quantitative estimate of drug-likeness (QED) is 0.604. The molecule has 0 aliphatic rings. The number of hydrogen-bond donors (Lipinski definition) is 0. The Bertz CT molecular complexity index is 801. The molecule has 1 nitrogen and oxygen atoms in total. The molecular weight excluding hydrogens is 280 g/mol. The van der Waals surface area contributed by atoms with Crippen LogP contribution in [0.3, 0.4) is 0 Å². The molecule has 3 aromatic rings. The number of hydrogen-bond acceptors (Lipinski definition) is 1. The molecule has 0 bridgehead atoms. The van der Waals surface area contributed by atoms with Gasteiger partial charge < -0.3 is 0 Å². The van der Waals surface area contributed by atoms with Gasteiger partial charge in [0, 0.05) is 17.0 Å². The predicted octanol–water partition coefficient (Wildman–Crippen LogP) is 5.14. The summed E-state index contributed by atoms with van der Waals surface area (Å²) >= 11 is 6.28. The first-order chi connectivity index (χ1) is 9.58. The van der Waals surface area contributed by atoms with Crippen LogP contribution in [0, 0.1) is 18.6 Å². The third-order valence-corrected chi connectivity index (χ3v) is 3.73. The van der Waals surface area contributed by atoms with Gasteiger partial charge in [-0.15, -0.1) is 0 Å². The first-order valence-corrected chi connectivity index (χ1v) is 6.46. The number of benzene rings is 2. The van der Waals surface area contributed by atoms with Crippen molar-refractivity contribution in [2.45, 2.75) is 6.92 Å². The Kier molecular flexibility index (Phi) is 3.14. The Morgan fingerprint density at radius 1 is 1.00 bits per heavy atom. The first kappa shape index (κ1) is 13.0. The van der Waals surface area contributed by atoms with Crippen molar-refractivity contribution in [3.63, 3.8) is 0 Å². The molecule has 2 aromatic carbocycles. The molecule has 0 fully saturated rings. The number of rotatable bonds is 1. The Labute approximate surface area is 119 Å². The van der Waals surface area contributed by atoms with Crippen LogP contribution in [-0.2, 0) is 0 Å². The average molecular weight is 290 g/mol. The van der Waals surface area contributed by atoms with Gasteiger partial charge in [-0.2, -0.15) is 0 Å². The highest BCUT2D eigenvalue weighted by atomic mass is 35.5. The van der Waals surface area contributed by atoms with Gasteiger partial charge in [0.05, 0.1) is 16.2 Å². The van der Waals surface area contributed by atoms with Crippen LogP contribution in [0.1, 0.15) is 5.56 Å². The van der Waals surface area contributed by atoms with E-state index in [9.17, 15) is 8.78 Å². The van der Waals surface area contributed by atoms with Crippen LogP contribution in [0.15, 0.2) is 42.5 Å². The van der Waals surface area contributed by atoms with Gasteiger partial charge in [-0.05, 0) is 18.6 Å². The molecule has 100 valence electrons. The van der Waals surface area contributed by atoms with Crippen LogP contribution in [0.4, 0.5) is 8.78 Å². The molecule has 0 radical (unpaired) electrons. The van der Waals surface area contributed by atoms with Gasteiger partial charge in [-0.1, -0.05) is 41.9 Å². The van der Waals surface area contributed by atoms with Gasteiger partial charge in [-0.25, -0.2) is 13.8 Å². The van der Waals surface area contributed by atoms with Crippen molar-refractivity contribution in [1.29, 1.82) is 0 Å². The molecule has 1 heterocycles. The lowest BCUT2D eigenvalue weighted by Crippen LogP contribution is -1.94. The monoisotopic (exact) mass is 289 g/mol. The van der Waals surface area contributed by atoms with Crippen LogP contribution in [0.2, 0.25) is 5.02 Å². The van der Waals surface area contributed by atoms with E-state index in [0.717, 1.165) is 23.3 Å². The molecule has 0 spiro atoms. The summed E-state index contributed by atoms with van der Waals surface area (Å²) < 4.78 is 26.7. The maximum absolute atomic E-state index is 13.4. The molecule has 20 heavy (non-hydrogen) atoms. The summed E-state index contributed by atoms with van der Waals surface area (Å²) in [6.45, 7) is 1.82. The highest BCUT2D eigenvalue weighted by molar-refractivity contribution is 6.36. The second kappa shape index (κ2) is 4.84. The standard InChI is InChI=1S/C16H10ClF2N/c1-9-15(17)11-7-12(18)13(19)8-14(11)20-16(9)10-5-3-2-4-6-10/h2-8H,1H3. The van der Waals surface area contributed by atoms with E-state index in [0.29, 0.717) is 21.6 Å². The molecule has 0 saturated heterocycles. The van der Waals surface area contributed by atoms with Gasteiger partial charge in [0.25, 0.3) is 0 Å². The van der Waals surface area contributed by atoms with Crippen molar-refractivity contribution in [2.24, 2.45) is 0 Å². The highest BCUT2D eigenvalue weighted by Crippen LogP contribution is 2.33. The third-order valence-electron chi connectivity index (χ3n) is 3.24. The van der Waals surface area contributed by atoms with E-state index in [1.165, 1.54) is 0 Å². The Balaban J connectivity index is 2.36. The zero-order valence-corrected chi connectivity index (χ0v) is 11.4. The topological polar surface area (TPSA) is 12.9 Å². The Hall–Kier alpha value is -2.00. The Morgan fingerprint density at radius 2 is 1.65 bits per heavy atom. The number of halogens is 3. The van der Waals surface area contributed by atoms with Gasteiger partial charge in [0.2, 0.25) is 0 Å². The maximum Gasteiger partial charge on any atom is 0.161 e. The first-order valence-electron chi connectivity index (χ1n) is 6.08. The maximum atomic E-state index is 13.4. The zero-order chi connectivity index (χ0) is 14.3. The molecule has 0 N–H and O–H groups in total. The van der Waals surface area contributed by atoms with E-state index >= 15 is 0 Å². The molecule has 0 saturated carbocycles. The summed E-state index contributed by atoms with van der Waals surface area (Å²) in [7, 11) is 0. The smallest absolute Gasteiger partial charge is 0.161 e. The molecule has 0 unspecified atom stereocenters. The lowest BCUT2D eigenvalue weighted by atomic mass is 10.0. The number of pyridine rings is 1. The van der Waals surface area contributed by atoms with E-state index in [4.69, 9.17) is 11.6 Å². The van der Waals surface area contributed by atoms with Gasteiger partial charge in [-0.3, -0.25) is 0 Å². The molecule has 0 amide bonds. The summed E-state index contributed by atoms with van der Waals surface area (Å²) in [6, 6.07) is 11.6. The number of nitrogens with zero attached hydrogens (tertiary/aromatic N) is 1. The van der Waals surface area contributed by atoms with Crippen molar-refractivity contribution >= 4 is 22.5 Å². The van der Waals surface area contributed by atoms with E-state index in [1.807, 2.05) is 37.3 Å². The van der Waals surface area contributed by atoms with Crippen LogP contribution in [0.25, 0.3) is 22.2 Å². The lowest BCUT2D eigenvalue weighted by molar-refractivity contribution is 0.510. The van der Waals surface area contributed by atoms with E-state index < -0.39 is 11.6 Å². The minimum Gasteiger partial charge on any atom is -0.247 e. The van der Waals surface area contributed by atoms with E-state index in [1.54, 1.807) is 0 Å². The lowest BCUT2D eigenvalue weighted by Gasteiger charge is -2.10. The summed E-state index contributed by atoms with van der Waals surface area (Å²) in [5, 5.41) is 0.815. The molecule has 0 aliphatic carbocycles. The predicted molar refractivity (Wildman–Crippen MR) is 76.8 cm³/mol. The fourth-order valence-electron chi connectivity index (χ4n) is 2.19. The van der Waals surface area contributed by atoms with Crippen molar-refractivity contribution in [2.75, 3.05) is 0 Å². The fourth-order valence-corrected chi connectivity index (χ4v) is 2.43. The highest BCUT2D eigenvalue weighted by Gasteiger charge is 2.14. The molecular formula is C16H10ClF2N. The average Bonchev–Trinajstić information content (AvgIpc) is 2.46. The summed E-state index contributed by atoms with van der Waals surface area (Å²) in [4.78, 5) is 4.42. The third kappa shape index (κ3) is 2.04. The fraction of sp³-hybridized carbons (Fsp3) is 0.0625. The largest absolute Gasteiger partial charge is 0.247 e.